The predicted molar refractivity (Wildman–Crippen MR) is 106 cm³/mol. The van der Waals surface area contributed by atoms with Crippen molar-refractivity contribution < 1.29 is 14.2 Å². The lowest BCUT2D eigenvalue weighted by atomic mass is 10.2. The fourth-order valence-corrected chi connectivity index (χ4v) is 3.61. The van der Waals surface area contributed by atoms with Crippen LogP contribution in [-0.4, -0.2) is 16.3 Å². The van der Waals surface area contributed by atoms with Gasteiger partial charge in [-0.3, -0.25) is 4.98 Å². The normalized spacial score (nSPS) is 15.0. The Morgan fingerprint density at radius 3 is 2.78 bits per heavy atom. The first-order valence-electron chi connectivity index (χ1n) is 9.16. The molecule has 3 heterocycles. The molecule has 1 saturated carbocycles. The summed E-state index contributed by atoms with van der Waals surface area (Å²) in [5.74, 6) is 3.27. The number of halogens is 1. The van der Waals surface area contributed by atoms with Gasteiger partial charge in [-0.15, -0.1) is 12.4 Å². The SMILES string of the molecule is Cc1c(C)n(CC2CC2)c2c(OCc3ccc4c(c3)OCO4)ccnc12.Cl. The summed E-state index contributed by atoms with van der Waals surface area (Å²) in [5, 5.41) is 0. The van der Waals surface area contributed by atoms with Crippen molar-refractivity contribution in [3.8, 4) is 17.2 Å². The Hall–Kier alpha value is -2.40. The maximum Gasteiger partial charge on any atom is 0.231 e. The number of pyridine rings is 1. The number of rotatable bonds is 5. The zero-order valence-electron chi connectivity index (χ0n) is 15.5. The van der Waals surface area contributed by atoms with E-state index in [-0.39, 0.29) is 19.2 Å². The highest BCUT2D eigenvalue weighted by Crippen LogP contribution is 2.37. The molecule has 0 N–H and O–H groups in total. The summed E-state index contributed by atoms with van der Waals surface area (Å²) in [6.45, 7) is 6.17. The van der Waals surface area contributed by atoms with E-state index in [1.807, 2.05) is 30.5 Å². The van der Waals surface area contributed by atoms with Gasteiger partial charge in [0.25, 0.3) is 0 Å². The van der Waals surface area contributed by atoms with Crippen molar-refractivity contribution in [1.82, 2.24) is 9.55 Å². The molecule has 0 unspecified atom stereocenters. The molecular weight excluding hydrogens is 364 g/mol. The van der Waals surface area contributed by atoms with Gasteiger partial charge in [-0.25, -0.2) is 0 Å². The second-order valence-corrected chi connectivity index (χ2v) is 7.25. The Bertz CT molecular complexity index is 995. The van der Waals surface area contributed by atoms with Gasteiger partial charge in [-0.2, -0.15) is 0 Å². The summed E-state index contributed by atoms with van der Waals surface area (Å²) in [6.07, 6.45) is 4.49. The molecule has 0 saturated heterocycles. The monoisotopic (exact) mass is 386 g/mol. The third kappa shape index (κ3) is 3.21. The molecule has 6 heteroatoms. The van der Waals surface area contributed by atoms with Crippen molar-refractivity contribution >= 4 is 23.4 Å². The van der Waals surface area contributed by atoms with E-state index in [4.69, 9.17) is 14.2 Å². The lowest BCUT2D eigenvalue weighted by Crippen LogP contribution is -2.04. The Kier molecular flexibility index (Phi) is 4.64. The van der Waals surface area contributed by atoms with E-state index in [1.165, 1.54) is 24.1 Å². The highest BCUT2D eigenvalue weighted by molar-refractivity contribution is 5.86. The summed E-state index contributed by atoms with van der Waals surface area (Å²) in [5.41, 5.74) is 5.77. The van der Waals surface area contributed by atoms with Crippen LogP contribution in [0.2, 0.25) is 0 Å². The lowest BCUT2D eigenvalue weighted by molar-refractivity contribution is 0.174. The molecule has 0 amide bonds. The Morgan fingerprint density at radius 1 is 1.15 bits per heavy atom. The second-order valence-electron chi connectivity index (χ2n) is 7.25. The lowest BCUT2D eigenvalue weighted by Gasteiger charge is -2.12. The van der Waals surface area contributed by atoms with Crippen LogP contribution in [0.4, 0.5) is 0 Å². The summed E-state index contributed by atoms with van der Waals surface area (Å²) in [4.78, 5) is 4.62. The number of benzene rings is 1. The first kappa shape index (κ1) is 18.0. The molecule has 1 aliphatic heterocycles. The Balaban J connectivity index is 0.00000180. The number of hydrogen-bond acceptors (Lipinski definition) is 4. The quantitative estimate of drug-likeness (QED) is 0.632. The topological polar surface area (TPSA) is 45.5 Å². The zero-order chi connectivity index (χ0) is 17.7. The van der Waals surface area contributed by atoms with Gasteiger partial charge >= 0.3 is 0 Å². The van der Waals surface area contributed by atoms with Crippen LogP contribution >= 0.6 is 12.4 Å². The zero-order valence-corrected chi connectivity index (χ0v) is 16.3. The summed E-state index contributed by atoms with van der Waals surface area (Å²) in [7, 11) is 0. The van der Waals surface area contributed by atoms with Crippen molar-refractivity contribution in [3.63, 3.8) is 0 Å². The van der Waals surface area contributed by atoms with Crippen LogP contribution in [0.3, 0.4) is 0 Å². The van der Waals surface area contributed by atoms with Crippen LogP contribution in [0.15, 0.2) is 30.5 Å². The highest BCUT2D eigenvalue weighted by Gasteiger charge is 2.25. The average molecular weight is 387 g/mol. The first-order valence-corrected chi connectivity index (χ1v) is 9.16. The van der Waals surface area contributed by atoms with E-state index in [0.29, 0.717) is 6.61 Å². The molecule has 2 aromatic heterocycles. The molecule has 2 aliphatic rings. The molecule has 0 radical (unpaired) electrons. The van der Waals surface area contributed by atoms with Crippen LogP contribution < -0.4 is 14.2 Å². The largest absolute Gasteiger partial charge is 0.487 e. The molecule has 0 atom stereocenters. The van der Waals surface area contributed by atoms with Crippen LogP contribution in [0.5, 0.6) is 17.2 Å². The van der Waals surface area contributed by atoms with Crippen LogP contribution in [0.1, 0.15) is 29.7 Å². The van der Waals surface area contributed by atoms with Gasteiger partial charge in [0.05, 0.1) is 5.52 Å². The molecule has 3 aromatic rings. The molecule has 0 spiro atoms. The summed E-state index contributed by atoms with van der Waals surface area (Å²) < 4.78 is 19.4. The van der Waals surface area contributed by atoms with Gasteiger partial charge in [0.15, 0.2) is 11.5 Å². The third-order valence-electron chi connectivity index (χ3n) is 5.43. The van der Waals surface area contributed by atoms with Crippen molar-refractivity contribution in [2.45, 2.75) is 39.8 Å². The van der Waals surface area contributed by atoms with Crippen molar-refractivity contribution in [2.24, 2.45) is 5.92 Å². The number of ether oxygens (including phenoxy) is 3. The van der Waals surface area contributed by atoms with E-state index < -0.39 is 0 Å². The molecular formula is C21H23ClN2O3. The van der Waals surface area contributed by atoms with E-state index >= 15 is 0 Å². The first-order chi connectivity index (χ1) is 12.7. The van der Waals surface area contributed by atoms with Crippen molar-refractivity contribution in [2.75, 3.05) is 6.79 Å². The van der Waals surface area contributed by atoms with Gasteiger partial charge in [0.1, 0.15) is 17.9 Å². The molecule has 5 rings (SSSR count). The molecule has 1 aromatic carbocycles. The van der Waals surface area contributed by atoms with Gasteiger partial charge in [-0.05, 0) is 55.9 Å². The fraction of sp³-hybridized carbons (Fsp3) is 0.381. The van der Waals surface area contributed by atoms with Crippen molar-refractivity contribution in [3.05, 3.63) is 47.3 Å². The molecule has 27 heavy (non-hydrogen) atoms. The number of aryl methyl sites for hydroxylation is 1. The number of nitrogens with zero attached hydrogens (tertiary/aromatic N) is 2. The minimum Gasteiger partial charge on any atom is -0.487 e. The Labute approximate surface area is 164 Å². The van der Waals surface area contributed by atoms with E-state index in [0.717, 1.165) is 46.3 Å². The minimum absolute atomic E-state index is 0. The van der Waals surface area contributed by atoms with E-state index in [9.17, 15) is 0 Å². The number of fused-ring (bicyclic) bond motifs is 2. The smallest absolute Gasteiger partial charge is 0.231 e. The van der Waals surface area contributed by atoms with E-state index in [1.54, 1.807) is 0 Å². The van der Waals surface area contributed by atoms with Gasteiger partial charge < -0.3 is 18.8 Å². The average Bonchev–Trinajstić information content (AvgIpc) is 3.30. The van der Waals surface area contributed by atoms with Crippen LogP contribution in [0, 0.1) is 19.8 Å². The summed E-state index contributed by atoms with van der Waals surface area (Å²) >= 11 is 0. The third-order valence-corrected chi connectivity index (χ3v) is 5.43. The molecule has 0 bridgehead atoms. The summed E-state index contributed by atoms with van der Waals surface area (Å²) in [6, 6.07) is 7.91. The standard InChI is InChI=1S/C21H22N2O3.ClH/c1-13-14(2)23(10-15-3-4-15)21-18(7-8-22-20(13)21)24-11-16-5-6-17-19(9-16)26-12-25-17;/h5-9,15H,3-4,10-12H2,1-2H3;1H. The van der Waals surface area contributed by atoms with Gasteiger partial charge in [0, 0.05) is 24.5 Å². The molecule has 1 fully saturated rings. The second kappa shape index (κ2) is 6.97. The maximum absolute atomic E-state index is 6.22. The predicted octanol–water partition coefficient (Wildman–Crippen LogP) is 4.79. The highest BCUT2D eigenvalue weighted by atomic mass is 35.5. The fourth-order valence-electron chi connectivity index (χ4n) is 3.61. The molecule has 1 aliphatic carbocycles. The van der Waals surface area contributed by atoms with Crippen LogP contribution in [-0.2, 0) is 13.2 Å². The maximum atomic E-state index is 6.22. The van der Waals surface area contributed by atoms with Crippen molar-refractivity contribution in [1.29, 1.82) is 0 Å². The number of aromatic nitrogens is 2. The van der Waals surface area contributed by atoms with Gasteiger partial charge in [0.2, 0.25) is 6.79 Å². The Morgan fingerprint density at radius 2 is 1.96 bits per heavy atom. The minimum atomic E-state index is 0. The van der Waals surface area contributed by atoms with Crippen LogP contribution in [0.25, 0.3) is 11.0 Å². The number of hydrogen-bond donors (Lipinski definition) is 0. The molecule has 5 nitrogen and oxygen atoms in total. The van der Waals surface area contributed by atoms with E-state index in [2.05, 4.69) is 23.4 Å². The van der Waals surface area contributed by atoms with Gasteiger partial charge in [-0.1, -0.05) is 6.07 Å². The molecule has 142 valence electrons.